The molecule has 4 amide bonds. The molecule has 3 rings (SSSR count). The van der Waals surface area contributed by atoms with Crippen LogP contribution in [0.25, 0.3) is 0 Å². The van der Waals surface area contributed by atoms with Gasteiger partial charge in [-0.2, -0.15) is 11.8 Å². The van der Waals surface area contributed by atoms with Crippen LogP contribution in [-0.2, 0) is 14.4 Å². The number of hydrogen-bond donors (Lipinski definition) is 6. The summed E-state index contributed by atoms with van der Waals surface area (Å²) in [4.78, 5) is 46.9. The number of hydrogen-bond acceptors (Lipinski definition) is 6. The predicted molar refractivity (Wildman–Crippen MR) is 121 cm³/mol. The highest BCUT2D eigenvalue weighted by Gasteiger charge is 2.42. The molecule has 6 N–H and O–H groups in total. The third-order valence-corrected chi connectivity index (χ3v) is 7.82. The van der Waals surface area contributed by atoms with E-state index in [2.05, 4.69) is 26.6 Å². The first-order chi connectivity index (χ1) is 15.4. The summed E-state index contributed by atoms with van der Waals surface area (Å²) in [5.41, 5.74) is 0. The quantitative estimate of drug-likeness (QED) is 0.168. The van der Waals surface area contributed by atoms with Gasteiger partial charge in [0, 0.05) is 24.0 Å². The molecule has 0 saturated carbocycles. The Bertz CT molecular complexity index is 687. The number of urea groups is 1. The van der Waals surface area contributed by atoms with E-state index in [0.29, 0.717) is 37.5 Å². The fourth-order valence-corrected chi connectivity index (χ4v) is 6.05. The maximum absolute atomic E-state index is 12.1. The van der Waals surface area contributed by atoms with E-state index in [0.717, 1.165) is 44.4 Å². The molecule has 11 heteroatoms. The van der Waals surface area contributed by atoms with Crippen LogP contribution in [0.1, 0.15) is 57.8 Å². The smallest absolute Gasteiger partial charge is 0.326 e. The van der Waals surface area contributed by atoms with E-state index in [1.54, 1.807) is 0 Å². The fourth-order valence-electron chi connectivity index (χ4n) is 4.50. The van der Waals surface area contributed by atoms with Crippen molar-refractivity contribution in [2.24, 2.45) is 0 Å². The van der Waals surface area contributed by atoms with Crippen LogP contribution in [0.3, 0.4) is 0 Å². The zero-order valence-electron chi connectivity index (χ0n) is 18.4. The second-order valence-electron chi connectivity index (χ2n) is 8.76. The number of rotatable bonds is 13. The Morgan fingerprint density at radius 2 is 2.00 bits per heavy atom. The summed E-state index contributed by atoms with van der Waals surface area (Å²) >= 11 is 1.88. The Morgan fingerprint density at radius 1 is 1.16 bits per heavy atom. The molecule has 3 heterocycles. The van der Waals surface area contributed by atoms with Gasteiger partial charge >= 0.3 is 12.0 Å². The lowest BCUT2D eigenvalue weighted by Crippen LogP contribution is -2.48. The van der Waals surface area contributed by atoms with Crippen LogP contribution in [0.5, 0.6) is 0 Å². The summed E-state index contributed by atoms with van der Waals surface area (Å²) in [6.07, 6.45) is 6.49. The third-order valence-electron chi connectivity index (χ3n) is 6.31. The molecule has 0 aliphatic carbocycles. The second kappa shape index (κ2) is 12.3. The first kappa shape index (κ1) is 24.6. The Balaban J connectivity index is 1.20. The van der Waals surface area contributed by atoms with Gasteiger partial charge in [-0.15, -0.1) is 0 Å². The normalized spacial score (nSPS) is 27.3. The molecule has 5 atom stereocenters. The van der Waals surface area contributed by atoms with Gasteiger partial charge in [-0.25, -0.2) is 9.59 Å². The minimum Gasteiger partial charge on any atom is -0.480 e. The van der Waals surface area contributed by atoms with Gasteiger partial charge in [0.2, 0.25) is 11.8 Å². The number of fused-ring (bicyclic) bond motifs is 1. The molecule has 0 aromatic heterocycles. The van der Waals surface area contributed by atoms with E-state index in [9.17, 15) is 24.3 Å². The van der Waals surface area contributed by atoms with Crippen LogP contribution >= 0.6 is 11.8 Å². The van der Waals surface area contributed by atoms with E-state index in [-0.39, 0.29) is 36.0 Å². The van der Waals surface area contributed by atoms with E-state index in [4.69, 9.17) is 0 Å². The van der Waals surface area contributed by atoms with E-state index < -0.39 is 12.0 Å². The lowest BCUT2D eigenvalue weighted by Gasteiger charge is -2.17. The van der Waals surface area contributed by atoms with Gasteiger partial charge in [-0.1, -0.05) is 6.42 Å². The maximum Gasteiger partial charge on any atom is 0.326 e. The summed E-state index contributed by atoms with van der Waals surface area (Å²) in [5, 5.41) is 24.2. The van der Waals surface area contributed by atoms with Crippen LogP contribution in [-0.4, -0.2) is 77.2 Å². The molecule has 0 aromatic rings. The molecule has 0 radical (unpaired) electrons. The van der Waals surface area contributed by atoms with Gasteiger partial charge in [0.1, 0.15) is 6.04 Å². The number of carboxylic acid groups (broad SMARTS) is 1. The summed E-state index contributed by atoms with van der Waals surface area (Å²) in [6.45, 7) is 1.29. The number of carbonyl (C=O) groups excluding carboxylic acids is 3. The van der Waals surface area contributed by atoms with E-state index >= 15 is 0 Å². The molecular weight excluding hydrogens is 434 g/mol. The van der Waals surface area contributed by atoms with Gasteiger partial charge in [-0.05, 0) is 51.5 Å². The highest BCUT2D eigenvalue weighted by Crippen LogP contribution is 2.33. The molecule has 0 aromatic carbocycles. The monoisotopic (exact) mass is 469 g/mol. The lowest BCUT2D eigenvalue weighted by molar-refractivity contribution is -0.142. The van der Waals surface area contributed by atoms with Crippen molar-refractivity contribution in [3.05, 3.63) is 0 Å². The van der Waals surface area contributed by atoms with Crippen molar-refractivity contribution in [3.63, 3.8) is 0 Å². The molecule has 3 fully saturated rings. The van der Waals surface area contributed by atoms with Crippen molar-refractivity contribution in [2.75, 3.05) is 18.8 Å². The molecule has 10 nitrogen and oxygen atoms in total. The number of unbranched alkanes of at least 4 members (excludes halogenated alkanes) is 2. The number of thioether (sulfide) groups is 1. The highest BCUT2D eigenvalue weighted by atomic mass is 32.2. The molecular formula is C21H35N5O5S. The zero-order chi connectivity index (χ0) is 22.9. The van der Waals surface area contributed by atoms with Crippen molar-refractivity contribution in [1.29, 1.82) is 0 Å². The van der Waals surface area contributed by atoms with Crippen LogP contribution in [0.4, 0.5) is 4.79 Å². The van der Waals surface area contributed by atoms with E-state index in [1.807, 2.05) is 11.8 Å². The van der Waals surface area contributed by atoms with Crippen molar-refractivity contribution in [2.45, 2.75) is 87.2 Å². The molecule has 3 saturated heterocycles. The van der Waals surface area contributed by atoms with Gasteiger partial charge in [-0.3, -0.25) is 9.59 Å². The highest BCUT2D eigenvalue weighted by molar-refractivity contribution is 8.00. The van der Waals surface area contributed by atoms with Crippen LogP contribution in [0, 0.1) is 0 Å². The molecule has 0 bridgehead atoms. The standard InChI is InChI=1S/C21H35N5O5S/c27-17(9-2-1-8-16-18-15(12-32-16)25-21(31)26-18)23-10-4-3-6-14(20(29)30)24-19(28)13-7-5-11-22-13/h13-16,18,22H,1-12H2,(H,23,27)(H,24,28)(H,29,30)(H2,25,26,31). The van der Waals surface area contributed by atoms with Gasteiger partial charge in [0.15, 0.2) is 0 Å². The summed E-state index contributed by atoms with van der Waals surface area (Å²) in [7, 11) is 0. The van der Waals surface area contributed by atoms with Crippen molar-refractivity contribution in [3.8, 4) is 0 Å². The van der Waals surface area contributed by atoms with Gasteiger partial charge < -0.3 is 31.7 Å². The van der Waals surface area contributed by atoms with Crippen LogP contribution in [0.2, 0.25) is 0 Å². The van der Waals surface area contributed by atoms with E-state index in [1.165, 1.54) is 0 Å². The molecule has 180 valence electrons. The lowest BCUT2D eigenvalue weighted by atomic mass is 10.0. The zero-order valence-corrected chi connectivity index (χ0v) is 19.2. The number of carbonyl (C=O) groups is 4. The summed E-state index contributed by atoms with van der Waals surface area (Å²) < 4.78 is 0. The third kappa shape index (κ3) is 7.26. The second-order valence-corrected chi connectivity index (χ2v) is 10.0. The van der Waals surface area contributed by atoms with Crippen LogP contribution in [0.15, 0.2) is 0 Å². The Labute approximate surface area is 192 Å². The Kier molecular flexibility index (Phi) is 9.46. The van der Waals surface area contributed by atoms with Crippen molar-refractivity contribution in [1.82, 2.24) is 26.6 Å². The fraction of sp³-hybridized carbons (Fsp3) is 0.810. The minimum atomic E-state index is -1.03. The Morgan fingerprint density at radius 3 is 2.75 bits per heavy atom. The number of aliphatic carboxylic acids is 1. The average Bonchev–Trinajstić information content (AvgIpc) is 3.48. The molecule has 0 spiro atoms. The molecule has 32 heavy (non-hydrogen) atoms. The first-order valence-electron chi connectivity index (χ1n) is 11.7. The maximum atomic E-state index is 12.1. The van der Waals surface area contributed by atoms with Crippen LogP contribution < -0.4 is 26.6 Å². The molecule has 3 aliphatic rings. The SMILES string of the molecule is O=C(CCCCC1SCC2NC(=O)NC21)NCCCCC(NC(=O)C1CCCN1)C(=O)O. The van der Waals surface area contributed by atoms with Crippen molar-refractivity contribution >= 4 is 35.6 Å². The first-order valence-corrected chi connectivity index (χ1v) is 12.7. The average molecular weight is 470 g/mol. The predicted octanol–water partition coefficient (Wildman–Crippen LogP) is 0.320. The Hall–Kier alpha value is -2.01. The summed E-state index contributed by atoms with van der Waals surface area (Å²) in [6, 6.07) is -0.830. The summed E-state index contributed by atoms with van der Waals surface area (Å²) in [5.74, 6) is -0.326. The van der Waals surface area contributed by atoms with Crippen molar-refractivity contribution < 1.29 is 24.3 Å². The van der Waals surface area contributed by atoms with Gasteiger partial charge in [0.25, 0.3) is 0 Å². The van der Waals surface area contributed by atoms with Gasteiger partial charge in [0.05, 0.1) is 18.1 Å². The number of amides is 4. The molecule has 5 unspecified atom stereocenters. The topological polar surface area (TPSA) is 149 Å². The largest absolute Gasteiger partial charge is 0.480 e. The number of carboxylic acids is 1. The number of nitrogens with one attached hydrogen (secondary N) is 5. The molecule has 3 aliphatic heterocycles. The minimum absolute atomic E-state index is 0.00758.